The molecule has 3 heterocycles. The van der Waals surface area contributed by atoms with Gasteiger partial charge in [0, 0.05) is 11.6 Å². The van der Waals surface area contributed by atoms with Crippen molar-refractivity contribution in [2.45, 2.75) is 6.92 Å². The summed E-state index contributed by atoms with van der Waals surface area (Å²) in [6.45, 7) is 2.04. The molecule has 5 nitrogen and oxygen atoms in total. The van der Waals surface area contributed by atoms with Crippen LogP contribution in [0.2, 0.25) is 0 Å². The molecule has 0 unspecified atom stereocenters. The molecular formula is C17H13FN4OS. The van der Waals surface area contributed by atoms with Crippen LogP contribution in [0.5, 0.6) is 5.75 Å². The number of nitrogens with zero attached hydrogens (tertiary/aromatic N) is 3. The van der Waals surface area contributed by atoms with Gasteiger partial charge in [-0.2, -0.15) is 5.10 Å². The molecule has 4 aromatic rings. The summed E-state index contributed by atoms with van der Waals surface area (Å²) in [4.78, 5) is 10.1. The number of aromatic nitrogens is 4. The van der Waals surface area contributed by atoms with E-state index in [4.69, 9.17) is 4.74 Å². The number of hydrogen-bond acceptors (Lipinski definition) is 5. The molecule has 0 aliphatic heterocycles. The zero-order valence-electron chi connectivity index (χ0n) is 13.0. The van der Waals surface area contributed by atoms with Crippen LogP contribution in [0.1, 0.15) is 5.56 Å². The molecule has 0 saturated carbocycles. The van der Waals surface area contributed by atoms with Crippen molar-refractivity contribution in [2.24, 2.45) is 0 Å². The standard InChI is InChI=1S/C17H13FN4OS/c1-9-5-6-24-16(9)14-15-17(22-21-14)19-8-12(20-15)11-4-3-10(18)7-13(11)23-2/h3-8H,1-2H3,(H,19,21,22). The molecule has 3 aromatic heterocycles. The van der Waals surface area contributed by atoms with Crippen LogP contribution in [0.3, 0.4) is 0 Å². The Morgan fingerprint density at radius 3 is 2.88 bits per heavy atom. The molecule has 1 N–H and O–H groups in total. The van der Waals surface area contributed by atoms with Crippen LogP contribution in [0.4, 0.5) is 4.39 Å². The summed E-state index contributed by atoms with van der Waals surface area (Å²) in [5.74, 6) is 0.0591. The van der Waals surface area contributed by atoms with E-state index in [-0.39, 0.29) is 5.82 Å². The molecule has 0 radical (unpaired) electrons. The topological polar surface area (TPSA) is 63.7 Å². The van der Waals surface area contributed by atoms with Crippen LogP contribution >= 0.6 is 11.3 Å². The maximum absolute atomic E-state index is 13.4. The first-order chi connectivity index (χ1) is 11.7. The first kappa shape index (κ1) is 14.8. The summed E-state index contributed by atoms with van der Waals surface area (Å²) < 4.78 is 18.7. The Balaban J connectivity index is 1.91. The molecule has 0 saturated heterocycles. The number of methoxy groups -OCH3 is 1. The van der Waals surface area contributed by atoms with Crippen molar-refractivity contribution in [2.75, 3.05) is 7.11 Å². The van der Waals surface area contributed by atoms with E-state index in [1.54, 1.807) is 23.6 Å². The predicted molar refractivity (Wildman–Crippen MR) is 91.7 cm³/mol. The van der Waals surface area contributed by atoms with Crippen molar-refractivity contribution in [3.8, 4) is 27.6 Å². The Kier molecular flexibility index (Phi) is 3.50. The zero-order valence-corrected chi connectivity index (χ0v) is 13.8. The molecule has 120 valence electrons. The van der Waals surface area contributed by atoms with Crippen LogP contribution in [0, 0.1) is 12.7 Å². The number of fused-ring (bicyclic) bond motifs is 1. The lowest BCUT2D eigenvalue weighted by Crippen LogP contribution is -1.93. The van der Waals surface area contributed by atoms with Gasteiger partial charge < -0.3 is 4.74 Å². The van der Waals surface area contributed by atoms with Gasteiger partial charge in [-0.05, 0) is 36.1 Å². The summed E-state index contributed by atoms with van der Waals surface area (Å²) in [6, 6.07) is 6.40. The van der Waals surface area contributed by atoms with Crippen molar-refractivity contribution >= 4 is 22.5 Å². The van der Waals surface area contributed by atoms with Crippen molar-refractivity contribution in [3.63, 3.8) is 0 Å². The number of halogens is 1. The van der Waals surface area contributed by atoms with Gasteiger partial charge in [-0.3, -0.25) is 5.10 Å². The molecular weight excluding hydrogens is 327 g/mol. The Morgan fingerprint density at radius 2 is 2.12 bits per heavy atom. The SMILES string of the molecule is COc1cc(F)ccc1-c1cnc2n[nH]c(-c3sccc3C)c2n1. The second-order valence-corrected chi connectivity index (χ2v) is 6.22. The van der Waals surface area contributed by atoms with Gasteiger partial charge in [-0.1, -0.05) is 0 Å². The second kappa shape index (κ2) is 5.68. The molecule has 24 heavy (non-hydrogen) atoms. The Bertz CT molecular complexity index is 1040. The molecule has 0 bridgehead atoms. The van der Waals surface area contributed by atoms with Gasteiger partial charge in [0.05, 0.1) is 23.9 Å². The second-order valence-electron chi connectivity index (χ2n) is 5.30. The highest BCUT2D eigenvalue weighted by Gasteiger charge is 2.16. The monoisotopic (exact) mass is 340 g/mol. The minimum absolute atomic E-state index is 0.358. The third-order valence-corrected chi connectivity index (χ3v) is 4.83. The lowest BCUT2D eigenvalue weighted by atomic mass is 10.1. The fourth-order valence-electron chi connectivity index (χ4n) is 2.59. The van der Waals surface area contributed by atoms with Gasteiger partial charge in [0.15, 0.2) is 5.65 Å². The summed E-state index contributed by atoms with van der Waals surface area (Å²) >= 11 is 1.62. The number of benzene rings is 1. The summed E-state index contributed by atoms with van der Waals surface area (Å²) in [6.07, 6.45) is 1.62. The fraction of sp³-hybridized carbons (Fsp3) is 0.118. The third kappa shape index (κ3) is 2.33. The fourth-order valence-corrected chi connectivity index (χ4v) is 3.51. The number of aryl methyl sites for hydroxylation is 1. The number of ether oxygens (including phenoxy) is 1. The molecule has 0 fully saturated rings. The van der Waals surface area contributed by atoms with Crippen molar-refractivity contribution in [3.05, 3.63) is 47.2 Å². The summed E-state index contributed by atoms with van der Waals surface area (Å²) in [5, 5.41) is 9.27. The maximum Gasteiger partial charge on any atom is 0.200 e. The highest BCUT2D eigenvalue weighted by atomic mass is 32.1. The van der Waals surface area contributed by atoms with Gasteiger partial charge >= 0.3 is 0 Å². The van der Waals surface area contributed by atoms with Crippen molar-refractivity contribution in [1.29, 1.82) is 0 Å². The average molecular weight is 340 g/mol. The highest BCUT2D eigenvalue weighted by Crippen LogP contribution is 2.34. The van der Waals surface area contributed by atoms with Crippen LogP contribution in [0.15, 0.2) is 35.8 Å². The van der Waals surface area contributed by atoms with E-state index < -0.39 is 0 Å². The predicted octanol–water partition coefficient (Wildman–Crippen LogP) is 4.20. The van der Waals surface area contributed by atoms with E-state index in [2.05, 4.69) is 20.2 Å². The van der Waals surface area contributed by atoms with Crippen molar-refractivity contribution in [1.82, 2.24) is 20.2 Å². The van der Waals surface area contributed by atoms with Crippen molar-refractivity contribution < 1.29 is 9.13 Å². The van der Waals surface area contributed by atoms with E-state index in [0.717, 1.165) is 16.1 Å². The lowest BCUT2D eigenvalue weighted by molar-refractivity contribution is 0.413. The molecule has 0 aliphatic rings. The van der Waals surface area contributed by atoms with Gasteiger partial charge in [0.1, 0.15) is 22.8 Å². The molecule has 0 amide bonds. The van der Waals surface area contributed by atoms with Crippen LogP contribution in [-0.2, 0) is 0 Å². The first-order valence-electron chi connectivity index (χ1n) is 7.27. The number of H-pyrrole nitrogens is 1. The van der Waals surface area contributed by atoms with Gasteiger partial charge in [0.25, 0.3) is 0 Å². The van der Waals surface area contributed by atoms with Crippen LogP contribution in [0.25, 0.3) is 33.0 Å². The number of rotatable bonds is 3. The largest absolute Gasteiger partial charge is 0.496 e. The minimum Gasteiger partial charge on any atom is -0.496 e. The zero-order chi connectivity index (χ0) is 16.7. The van der Waals surface area contributed by atoms with Crippen LogP contribution < -0.4 is 4.74 Å². The number of aromatic amines is 1. The molecule has 0 aliphatic carbocycles. The third-order valence-electron chi connectivity index (χ3n) is 3.79. The molecule has 7 heteroatoms. The minimum atomic E-state index is -0.358. The molecule has 1 aromatic carbocycles. The number of nitrogens with one attached hydrogen (secondary N) is 1. The Labute approximate surface area is 141 Å². The van der Waals surface area contributed by atoms with Gasteiger partial charge in [-0.15, -0.1) is 11.3 Å². The normalized spacial score (nSPS) is 11.1. The summed E-state index contributed by atoms with van der Waals surface area (Å²) in [5.41, 5.74) is 4.51. The molecule has 0 spiro atoms. The smallest absolute Gasteiger partial charge is 0.200 e. The molecule has 0 atom stereocenters. The first-order valence-corrected chi connectivity index (χ1v) is 8.15. The Morgan fingerprint density at radius 1 is 1.25 bits per heavy atom. The maximum atomic E-state index is 13.4. The average Bonchev–Trinajstić information content (AvgIpc) is 3.19. The van der Waals surface area contributed by atoms with Gasteiger partial charge in [0.2, 0.25) is 0 Å². The highest BCUT2D eigenvalue weighted by molar-refractivity contribution is 7.13. The van der Waals surface area contributed by atoms with E-state index in [9.17, 15) is 4.39 Å². The van der Waals surface area contributed by atoms with Crippen LogP contribution in [-0.4, -0.2) is 27.3 Å². The number of thiophene rings is 1. The van der Waals surface area contributed by atoms with Gasteiger partial charge in [-0.25, -0.2) is 14.4 Å². The lowest BCUT2D eigenvalue weighted by Gasteiger charge is -2.07. The Hall–Kier alpha value is -2.80. The quantitative estimate of drug-likeness (QED) is 0.607. The van der Waals surface area contributed by atoms with E-state index in [1.807, 2.05) is 18.4 Å². The molecule has 4 rings (SSSR count). The van der Waals surface area contributed by atoms with E-state index >= 15 is 0 Å². The number of hydrogen-bond donors (Lipinski definition) is 1. The van der Waals surface area contributed by atoms with E-state index in [0.29, 0.717) is 28.2 Å². The summed E-state index contributed by atoms with van der Waals surface area (Å²) in [7, 11) is 1.50. The van der Waals surface area contributed by atoms with E-state index in [1.165, 1.54) is 19.2 Å².